The first-order valence-corrected chi connectivity index (χ1v) is 9.61. The topological polar surface area (TPSA) is 69.2 Å². The molecule has 1 amide bonds. The number of ether oxygens (including phenoxy) is 3. The van der Waals surface area contributed by atoms with Gasteiger partial charge in [-0.15, -0.1) is 0 Å². The number of carbonyl (C=O) groups is 1. The lowest BCUT2D eigenvalue weighted by Gasteiger charge is -2.16. The summed E-state index contributed by atoms with van der Waals surface area (Å²) >= 11 is 12.2. The molecular weight excluding hydrogens is 403 g/mol. The van der Waals surface area contributed by atoms with E-state index < -0.39 is 5.91 Å². The first kappa shape index (κ1) is 21.9. The summed E-state index contributed by atoms with van der Waals surface area (Å²) in [5, 5.41) is 4.81. The Labute approximate surface area is 174 Å². The van der Waals surface area contributed by atoms with Gasteiger partial charge in [-0.3, -0.25) is 4.79 Å². The van der Waals surface area contributed by atoms with Crippen LogP contribution in [0.1, 0.15) is 36.7 Å². The van der Waals surface area contributed by atoms with Crippen LogP contribution in [0, 0.1) is 0 Å². The standard InChI is InChI=1S/C20H22Cl2N2O4/c1-4-26-17-10-13(11-18(27-5-2)19(17)28-6-3)20(25)24-23-12-14-15(21)8-7-9-16(14)22/h7-12H,4-6H2,1-3H3,(H,24,25)/b23-12+. The lowest BCUT2D eigenvalue weighted by molar-refractivity contribution is 0.0954. The van der Waals surface area contributed by atoms with Gasteiger partial charge in [-0.05, 0) is 45.0 Å². The smallest absolute Gasteiger partial charge is 0.271 e. The summed E-state index contributed by atoms with van der Waals surface area (Å²) in [5.74, 6) is 0.885. The Morgan fingerprint density at radius 3 is 2.04 bits per heavy atom. The quantitative estimate of drug-likeness (QED) is 0.456. The van der Waals surface area contributed by atoms with E-state index in [2.05, 4.69) is 10.5 Å². The maximum absolute atomic E-state index is 12.5. The van der Waals surface area contributed by atoms with Crippen molar-refractivity contribution in [3.8, 4) is 17.2 Å². The maximum atomic E-state index is 12.5. The molecule has 0 spiro atoms. The molecule has 2 aromatic carbocycles. The summed E-state index contributed by atoms with van der Waals surface area (Å²) in [7, 11) is 0. The van der Waals surface area contributed by atoms with E-state index in [1.165, 1.54) is 6.21 Å². The second-order valence-electron chi connectivity index (χ2n) is 5.44. The molecule has 0 aromatic heterocycles. The molecule has 0 aliphatic rings. The third kappa shape index (κ3) is 5.53. The van der Waals surface area contributed by atoms with Crippen LogP contribution in [0.15, 0.2) is 35.4 Å². The van der Waals surface area contributed by atoms with Crippen LogP contribution in [0.3, 0.4) is 0 Å². The zero-order valence-corrected chi connectivity index (χ0v) is 17.4. The second kappa shape index (κ2) is 10.8. The molecule has 2 aromatic rings. The summed E-state index contributed by atoms with van der Waals surface area (Å²) in [6.45, 7) is 6.83. The van der Waals surface area contributed by atoms with Gasteiger partial charge >= 0.3 is 0 Å². The van der Waals surface area contributed by atoms with Gasteiger partial charge < -0.3 is 14.2 Å². The van der Waals surface area contributed by atoms with E-state index in [0.717, 1.165) is 0 Å². The van der Waals surface area contributed by atoms with Gasteiger partial charge in [0, 0.05) is 11.1 Å². The van der Waals surface area contributed by atoms with E-state index in [9.17, 15) is 4.79 Å². The fraction of sp³-hybridized carbons (Fsp3) is 0.300. The van der Waals surface area contributed by atoms with Gasteiger partial charge in [-0.1, -0.05) is 29.3 Å². The minimum Gasteiger partial charge on any atom is -0.490 e. The minimum absolute atomic E-state index is 0.317. The molecule has 0 atom stereocenters. The Morgan fingerprint density at radius 2 is 1.54 bits per heavy atom. The number of amides is 1. The van der Waals surface area contributed by atoms with Crippen LogP contribution >= 0.6 is 23.2 Å². The van der Waals surface area contributed by atoms with Crippen molar-refractivity contribution in [2.75, 3.05) is 19.8 Å². The van der Waals surface area contributed by atoms with Crippen molar-refractivity contribution in [3.63, 3.8) is 0 Å². The number of nitrogens with one attached hydrogen (secondary N) is 1. The number of hydrogen-bond donors (Lipinski definition) is 1. The van der Waals surface area contributed by atoms with E-state index in [1.807, 2.05) is 20.8 Å². The Hall–Kier alpha value is -2.44. The molecule has 6 nitrogen and oxygen atoms in total. The molecule has 150 valence electrons. The van der Waals surface area contributed by atoms with Crippen molar-refractivity contribution >= 4 is 35.3 Å². The number of hydrazone groups is 1. The molecule has 28 heavy (non-hydrogen) atoms. The van der Waals surface area contributed by atoms with E-state index in [0.29, 0.717) is 58.2 Å². The van der Waals surface area contributed by atoms with E-state index in [4.69, 9.17) is 37.4 Å². The average molecular weight is 425 g/mol. The Morgan fingerprint density at radius 1 is 1.00 bits per heavy atom. The van der Waals surface area contributed by atoms with Crippen LogP contribution in [-0.2, 0) is 0 Å². The van der Waals surface area contributed by atoms with E-state index in [-0.39, 0.29) is 0 Å². The van der Waals surface area contributed by atoms with Crippen molar-refractivity contribution < 1.29 is 19.0 Å². The molecule has 0 unspecified atom stereocenters. The third-order valence-electron chi connectivity index (χ3n) is 3.53. The number of halogens is 2. The van der Waals surface area contributed by atoms with Crippen LogP contribution in [0.2, 0.25) is 10.0 Å². The van der Waals surface area contributed by atoms with Crippen molar-refractivity contribution in [2.45, 2.75) is 20.8 Å². The van der Waals surface area contributed by atoms with Gasteiger partial charge in [0.2, 0.25) is 5.75 Å². The lowest BCUT2D eigenvalue weighted by atomic mass is 10.1. The molecule has 0 aliphatic carbocycles. The predicted octanol–water partition coefficient (Wildman–Crippen LogP) is 4.95. The molecule has 0 saturated heterocycles. The number of rotatable bonds is 9. The van der Waals surface area contributed by atoms with Gasteiger partial charge in [0.15, 0.2) is 11.5 Å². The van der Waals surface area contributed by atoms with E-state index >= 15 is 0 Å². The van der Waals surface area contributed by atoms with Crippen LogP contribution in [0.4, 0.5) is 0 Å². The molecule has 2 rings (SSSR count). The Bertz CT molecular complexity index is 809. The van der Waals surface area contributed by atoms with Gasteiger partial charge in [-0.2, -0.15) is 5.10 Å². The van der Waals surface area contributed by atoms with Crippen molar-refractivity contribution in [1.29, 1.82) is 0 Å². The van der Waals surface area contributed by atoms with Crippen molar-refractivity contribution in [2.24, 2.45) is 5.10 Å². The molecule has 8 heteroatoms. The minimum atomic E-state index is -0.440. The van der Waals surface area contributed by atoms with Crippen molar-refractivity contribution in [3.05, 3.63) is 51.5 Å². The molecule has 0 heterocycles. The maximum Gasteiger partial charge on any atom is 0.271 e. The van der Waals surface area contributed by atoms with Gasteiger partial charge in [0.25, 0.3) is 5.91 Å². The Kier molecular flexibility index (Phi) is 8.42. The molecule has 0 fully saturated rings. The summed E-state index contributed by atoms with van der Waals surface area (Å²) in [6, 6.07) is 8.28. The van der Waals surface area contributed by atoms with Crippen LogP contribution in [0.5, 0.6) is 17.2 Å². The summed E-state index contributed by atoms with van der Waals surface area (Å²) < 4.78 is 16.9. The second-order valence-corrected chi connectivity index (χ2v) is 6.25. The third-order valence-corrected chi connectivity index (χ3v) is 4.19. The highest BCUT2D eigenvalue weighted by Gasteiger charge is 2.18. The number of benzene rings is 2. The monoisotopic (exact) mass is 424 g/mol. The van der Waals surface area contributed by atoms with Crippen molar-refractivity contribution in [1.82, 2.24) is 5.43 Å². The fourth-order valence-corrected chi connectivity index (χ4v) is 2.87. The number of hydrogen-bond acceptors (Lipinski definition) is 5. The highest BCUT2D eigenvalue weighted by Crippen LogP contribution is 2.39. The number of nitrogens with zero attached hydrogens (tertiary/aromatic N) is 1. The first-order valence-electron chi connectivity index (χ1n) is 8.85. The molecule has 0 saturated carbocycles. The largest absolute Gasteiger partial charge is 0.490 e. The summed E-state index contributed by atoms with van der Waals surface area (Å²) in [4.78, 5) is 12.5. The molecule has 0 radical (unpaired) electrons. The van der Waals surface area contributed by atoms with Gasteiger partial charge in [0.05, 0.1) is 36.1 Å². The van der Waals surface area contributed by atoms with Crippen LogP contribution in [-0.4, -0.2) is 31.9 Å². The average Bonchev–Trinajstić information content (AvgIpc) is 2.66. The highest BCUT2D eigenvalue weighted by atomic mass is 35.5. The first-order chi connectivity index (χ1) is 13.5. The SMILES string of the molecule is CCOc1cc(C(=O)N/N=C/c2c(Cl)cccc2Cl)cc(OCC)c1OCC. The molecule has 0 aliphatic heterocycles. The van der Waals surface area contributed by atoms with Gasteiger partial charge in [0.1, 0.15) is 0 Å². The van der Waals surface area contributed by atoms with Gasteiger partial charge in [-0.25, -0.2) is 5.43 Å². The van der Waals surface area contributed by atoms with Crippen LogP contribution in [0.25, 0.3) is 0 Å². The van der Waals surface area contributed by atoms with Crippen LogP contribution < -0.4 is 19.6 Å². The zero-order chi connectivity index (χ0) is 20.5. The predicted molar refractivity (Wildman–Crippen MR) is 111 cm³/mol. The Balaban J connectivity index is 2.27. The lowest BCUT2D eigenvalue weighted by Crippen LogP contribution is -2.18. The fourth-order valence-electron chi connectivity index (χ4n) is 2.37. The zero-order valence-electron chi connectivity index (χ0n) is 15.9. The summed E-state index contributed by atoms with van der Waals surface area (Å²) in [5.41, 5.74) is 3.29. The molecule has 0 bridgehead atoms. The highest BCUT2D eigenvalue weighted by molar-refractivity contribution is 6.38. The van der Waals surface area contributed by atoms with E-state index in [1.54, 1.807) is 30.3 Å². The summed E-state index contributed by atoms with van der Waals surface area (Å²) in [6.07, 6.45) is 1.39. The normalized spacial score (nSPS) is 10.8. The number of carbonyl (C=O) groups excluding carboxylic acids is 1. The molecular formula is C20H22Cl2N2O4. The molecule has 1 N–H and O–H groups in total.